The summed E-state index contributed by atoms with van der Waals surface area (Å²) >= 11 is 0. The third kappa shape index (κ3) is 8.59. The summed E-state index contributed by atoms with van der Waals surface area (Å²) in [6, 6.07) is 20.2. The predicted octanol–water partition coefficient (Wildman–Crippen LogP) is 7.09. The first-order valence-electron chi connectivity index (χ1n) is 12.6. The van der Waals surface area contributed by atoms with Crippen LogP contribution in [0, 0.1) is 5.82 Å². The fourth-order valence-corrected chi connectivity index (χ4v) is 4.73. The second-order valence-electron chi connectivity index (χ2n) is 9.21. The average Bonchev–Trinajstić information content (AvgIpc) is 2.83. The van der Waals surface area contributed by atoms with Crippen molar-refractivity contribution in [3.8, 4) is 11.1 Å². The molecule has 0 saturated carbocycles. The molecular formula is C30H37FO3S. The molecule has 0 aliphatic rings. The van der Waals surface area contributed by atoms with Gasteiger partial charge in [0.1, 0.15) is 5.82 Å². The van der Waals surface area contributed by atoms with Crippen LogP contribution in [0.15, 0.2) is 60.7 Å². The van der Waals surface area contributed by atoms with Crippen molar-refractivity contribution in [2.24, 2.45) is 0 Å². The van der Waals surface area contributed by atoms with E-state index in [1.54, 1.807) is 6.07 Å². The lowest BCUT2D eigenvalue weighted by Crippen LogP contribution is -2.06. The third-order valence-corrected chi connectivity index (χ3v) is 6.95. The van der Waals surface area contributed by atoms with Gasteiger partial charge in [-0.1, -0.05) is 81.3 Å². The molecule has 0 aliphatic carbocycles. The minimum atomic E-state index is -3.45. The summed E-state index contributed by atoms with van der Waals surface area (Å²) in [7, 11) is -3.45. The van der Waals surface area contributed by atoms with E-state index < -0.39 is 10.1 Å². The van der Waals surface area contributed by atoms with Crippen molar-refractivity contribution >= 4 is 10.1 Å². The maximum absolute atomic E-state index is 15.1. The summed E-state index contributed by atoms with van der Waals surface area (Å²) in [5.41, 5.74) is 7.14. The number of rotatable bonds is 13. The van der Waals surface area contributed by atoms with Gasteiger partial charge in [-0.15, -0.1) is 0 Å². The van der Waals surface area contributed by atoms with E-state index in [2.05, 4.69) is 31.2 Å². The van der Waals surface area contributed by atoms with Gasteiger partial charge in [0.15, 0.2) is 0 Å². The standard InChI is InChI=1S/C30H37FO3S/c1-4-6-7-8-23-9-11-24(12-10-23)13-14-25-16-18-29(30(31)22-25)28-17-15-26(21-27(28)5-2)19-20-34-35(3,32)33/h9-12,15-18,21-22H,4-8,13-14,19-20H2,1-3H3. The molecule has 0 radical (unpaired) electrons. The van der Waals surface area contributed by atoms with Gasteiger partial charge in [-0.3, -0.25) is 4.18 Å². The van der Waals surface area contributed by atoms with Crippen LogP contribution < -0.4 is 0 Å². The molecule has 3 nitrogen and oxygen atoms in total. The summed E-state index contributed by atoms with van der Waals surface area (Å²) in [6.45, 7) is 4.36. The van der Waals surface area contributed by atoms with Crippen molar-refractivity contribution in [2.45, 2.75) is 65.2 Å². The number of hydrogen-bond acceptors (Lipinski definition) is 3. The SMILES string of the molecule is CCCCCc1ccc(CCc2ccc(-c3ccc(CCOS(C)(=O)=O)cc3CC)c(F)c2)cc1. The lowest BCUT2D eigenvalue weighted by atomic mass is 9.93. The average molecular weight is 497 g/mol. The molecule has 0 bridgehead atoms. The molecule has 35 heavy (non-hydrogen) atoms. The third-order valence-electron chi connectivity index (χ3n) is 6.36. The van der Waals surface area contributed by atoms with Crippen LogP contribution in [-0.4, -0.2) is 21.3 Å². The van der Waals surface area contributed by atoms with Crippen LogP contribution >= 0.6 is 0 Å². The van der Waals surface area contributed by atoms with Crippen LogP contribution in [0.3, 0.4) is 0 Å². The van der Waals surface area contributed by atoms with Crippen molar-refractivity contribution in [3.05, 3.63) is 94.3 Å². The first kappa shape index (κ1) is 27.1. The van der Waals surface area contributed by atoms with Gasteiger partial charge in [-0.05, 0) is 78.0 Å². The molecule has 0 aliphatic heterocycles. The first-order valence-corrected chi connectivity index (χ1v) is 14.4. The lowest BCUT2D eigenvalue weighted by molar-refractivity contribution is 0.326. The molecule has 3 aromatic carbocycles. The molecule has 0 unspecified atom stereocenters. The van der Waals surface area contributed by atoms with E-state index in [1.165, 1.54) is 30.4 Å². The summed E-state index contributed by atoms with van der Waals surface area (Å²) in [6.07, 6.45) is 8.86. The van der Waals surface area contributed by atoms with E-state index in [9.17, 15) is 8.42 Å². The van der Waals surface area contributed by atoms with Crippen molar-refractivity contribution in [1.82, 2.24) is 0 Å². The monoisotopic (exact) mass is 496 g/mol. The topological polar surface area (TPSA) is 43.4 Å². The second kappa shape index (κ2) is 13.0. The summed E-state index contributed by atoms with van der Waals surface area (Å²) in [5, 5.41) is 0. The predicted molar refractivity (Wildman–Crippen MR) is 143 cm³/mol. The van der Waals surface area contributed by atoms with Crippen LogP contribution in [0.1, 0.15) is 60.9 Å². The zero-order valence-electron chi connectivity index (χ0n) is 21.1. The van der Waals surface area contributed by atoms with E-state index in [1.807, 2.05) is 37.3 Å². The fraction of sp³-hybridized carbons (Fsp3) is 0.400. The maximum Gasteiger partial charge on any atom is 0.264 e. The largest absolute Gasteiger partial charge is 0.270 e. The Bertz CT molecular complexity index is 1200. The summed E-state index contributed by atoms with van der Waals surface area (Å²) in [5.74, 6) is -0.211. The summed E-state index contributed by atoms with van der Waals surface area (Å²) in [4.78, 5) is 0. The molecule has 3 aromatic rings. The molecule has 0 aromatic heterocycles. The lowest BCUT2D eigenvalue weighted by Gasteiger charge is -2.13. The molecule has 0 heterocycles. The molecule has 0 saturated heterocycles. The van der Waals surface area contributed by atoms with Gasteiger partial charge < -0.3 is 0 Å². The van der Waals surface area contributed by atoms with E-state index in [-0.39, 0.29) is 12.4 Å². The number of hydrogen-bond donors (Lipinski definition) is 0. The molecule has 5 heteroatoms. The molecule has 0 amide bonds. The molecule has 3 rings (SSSR count). The van der Waals surface area contributed by atoms with Crippen LogP contribution in [0.25, 0.3) is 11.1 Å². The number of unbranched alkanes of at least 4 members (excludes halogenated alkanes) is 2. The maximum atomic E-state index is 15.1. The van der Waals surface area contributed by atoms with Crippen molar-refractivity contribution in [3.63, 3.8) is 0 Å². The van der Waals surface area contributed by atoms with Gasteiger partial charge in [0.2, 0.25) is 0 Å². The smallest absolute Gasteiger partial charge is 0.264 e. The highest BCUT2D eigenvalue weighted by molar-refractivity contribution is 7.85. The normalized spacial score (nSPS) is 11.7. The first-order chi connectivity index (χ1) is 16.8. The zero-order chi connectivity index (χ0) is 25.3. The molecule has 0 atom stereocenters. The molecule has 188 valence electrons. The second-order valence-corrected chi connectivity index (χ2v) is 10.9. The quantitative estimate of drug-likeness (QED) is 0.187. The Kier molecular flexibility index (Phi) is 10.1. The Hall–Kier alpha value is -2.50. The van der Waals surface area contributed by atoms with Gasteiger partial charge in [-0.2, -0.15) is 8.42 Å². The molecule has 0 spiro atoms. The van der Waals surface area contributed by atoms with Crippen LogP contribution in [0.2, 0.25) is 0 Å². The Morgan fingerprint density at radius 2 is 1.29 bits per heavy atom. The Labute approximate surface area is 210 Å². The zero-order valence-corrected chi connectivity index (χ0v) is 22.0. The minimum absolute atomic E-state index is 0.103. The summed E-state index contributed by atoms with van der Waals surface area (Å²) < 4.78 is 42.3. The number of benzene rings is 3. The highest BCUT2D eigenvalue weighted by Gasteiger charge is 2.12. The number of aryl methyl sites for hydroxylation is 4. The van der Waals surface area contributed by atoms with Crippen LogP contribution in [0.4, 0.5) is 4.39 Å². The Morgan fingerprint density at radius 3 is 1.89 bits per heavy atom. The van der Waals surface area contributed by atoms with Gasteiger partial charge in [-0.25, -0.2) is 4.39 Å². The van der Waals surface area contributed by atoms with Gasteiger partial charge in [0.25, 0.3) is 10.1 Å². The van der Waals surface area contributed by atoms with E-state index in [4.69, 9.17) is 4.18 Å². The van der Waals surface area contributed by atoms with Gasteiger partial charge in [0, 0.05) is 5.56 Å². The van der Waals surface area contributed by atoms with Crippen molar-refractivity contribution in [2.75, 3.05) is 12.9 Å². The van der Waals surface area contributed by atoms with E-state index in [0.29, 0.717) is 12.0 Å². The van der Waals surface area contributed by atoms with Crippen LogP contribution in [-0.2, 0) is 46.4 Å². The molecule has 0 N–H and O–H groups in total. The van der Waals surface area contributed by atoms with Gasteiger partial charge >= 0.3 is 0 Å². The van der Waals surface area contributed by atoms with Crippen LogP contribution in [0.5, 0.6) is 0 Å². The number of halogens is 1. The van der Waals surface area contributed by atoms with Crippen molar-refractivity contribution < 1.29 is 17.0 Å². The van der Waals surface area contributed by atoms with E-state index in [0.717, 1.165) is 54.2 Å². The molecular weight excluding hydrogens is 459 g/mol. The van der Waals surface area contributed by atoms with Gasteiger partial charge in [0.05, 0.1) is 12.9 Å². The Morgan fingerprint density at radius 1 is 0.714 bits per heavy atom. The van der Waals surface area contributed by atoms with E-state index >= 15 is 4.39 Å². The highest BCUT2D eigenvalue weighted by atomic mass is 32.2. The highest BCUT2D eigenvalue weighted by Crippen LogP contribution is 2.29. The minimum Gasteiger partial charge on any atom is -0.270 e. The van der Waals surface area contributed by atoms with Crippen molar-refractivity contribution in [1.29, 1.82) is 0 Å². The Balaban J connectivity index is 1.64. The molecule has 0 fully saturated rings. The fourth-order valence-electron chi connectivity index (χ4n) is 4.34.